The van der Waals surface area contributed by atoms with Crippen LogP contribution < -0.4 is 5.32 Å². The number of benzene rings is 1. The van der Waals surface area contributed by atoms with Gasteiger partial charge in [0, 0.05) is 11.4 Å². The molecule has 0 saturated heterocycles. The summed E-state index contributed by atoms with van der Waals surface area (Å²) in [6.07, 6.45) is 1.16. The molecular weight excluding hydrogens is 222 g/mol. The monoisotopic (exact) mass is 239 g/mol. The van der Waals surface area contributed by atoms with Gasteiger partial charge in [-0.05, 0) is 31.9 Å². The van der Waals surface area contributed by atoms with Crippen LogP contribution in [0.15, 0.2) is 29.2 Å². The molecule has 1 aromatic carbocycles. The standard InChI is InChI=1S/C12H17NO2S/c1-9(14)5-4-8-13-12(15)10-6-2-3-7-11(10)16/h2-3,6-7,9,14,16H,4-5,8H2,1H3,(H,13,15). The molecule has 0 saturated carbocycles. The number of rotatable bonds is 5. The minimum atomic E-state index is -0.311. The van der Waals surface area contributed by atoms with Crippen molar-refractivity contribution < 1.29 is 9.90 Å². The van der Waals surface area contributed by atoms with E-state index in [-0.39, 0.29) is 12.0 Å². The summed E-state index contributed by atoms with van der Waals surface area (Å²) < 4.78 is 0. The smallest absolute Gasteiger partial charge is 0.252 e. The molecule has 0 aromatic heterocycles. The van der Waals surface area contributed by atoms with Crippen molar-refractivity contribution in [1.82, 2.24) is 5.32 Å². The number of nitrogens with one attached hydrogen (secondary N) is 1. The number of carbonyl (C=O) groups excluding carboxylic acids is 1. The van der Waals surface area contributed by atoms with E-state index < -0.39 is 0 Å². The zero-order valence-corrected chi connectivity index (χ0v) is 10.2. The minimum absolute atomic E-state index is 0.115. The number of carbonyl (C=O) groups is 1. The maximum absolute atomic E-state index is 11.7. The van der Waals surface area contributed by atoms with Gasteiger partial charge in [0.05, 0.1) is 11.7 Å². The Morgan fingerprint density at radius 1 is 1.50 bits per heavy atom. The molecule has 1 unspecified atom stereocenters. The fraction of sp³-hybridized carbons (Fsp3) is 0.417. The summed E-state index contributed by atoms with van der Waals surface area (Å²) in [5.41, 5.74) is 0.586. The normalized spacial score (nSPS) is 12.2. The van der Waals surface area contributed by atoms with Crippen molar-refractivity contribution in [2.45, 2.75) is 30.8 Å². The second-order valence-electron chi connectivity index (χ2n) is 3.76. The van der Waals surface area contributed by atoms with Gasteiger partial charge in [-0.25, -0.2) is 0 Å². The van der Waals surface area contributed by atoms with Crippen molar-refractivity contribution in [3.63, 3.8) is 0 Å². The van der Waals surface area contributed by atoms with E-state index in [0.29, 0.717) is 23.4 Å². The lowest BCUT2D eigenvalue weighted by Crippen LogP contribution is -2.25. The Balaban J connectivity index is 2.39. The molecular formula is C12H17NO2S. The van der Waals surface area contributed by atoms with Gasteiger partial charge >= 0.3 is 0 Å². The van der Waals surface area contributed by atoms with E-state index >= 15 is 0 Å². The van der Waals surface area contributed by atoms with Crippen molar-refractivity contribution in [1.29, 1.82) is 0 Å². The second kappa shape index (κ2) is 6.55. The number of aliphatic hydroxyl groups excluding tert-OH is 1. The lowest BCUT2D eigenvalue weighted by Gasteiger charge is -2.07. The topological polar surface area (TPSA) is 49.3 Å². The van der Waals surface area contributed by atoms with Gasteiger partial charge in [-0.15, -0.1) is 12.6 Å². The molecule has 3 nitrogen and oxygen atoms in total. The number of aliphatic hydroxyl groups is 1. The fourth-order valence-corrected chi connectivity index (χ4v) is 1.62. The lowest BCUT2D eigenvalue weighted by atomic mass is 10.2. The van der Waals surface area contributed by atoms with Crippen LogP contribution in [0.2, 0.25) is 0 Å². The highest BCUT2D eigenvalue weighted by molar-refractivity contribution is 7.80. The van der Waals surface area contributed by atoms with Gasteiger partial charge in [0.15, 0.2) is 0 Å². The maximum atomic E-state index is 11.7. The molecule has 0 spiro atoms. The Morgan fingerprint density at radius 2 is 2.19 bits per heavy atom. The van der Waals surface area contributed by atoms with Crippen molar-refractivity contribution in [3.05, 3.63) is 29.8 Å². The van der Waals surface area contributed by atoms with Gasteiger partial charge in [-0.3, -0.25) is 4.79 Å². The van der Waals surface area contributed by atoms with Crippen LogP contribution in [0.1, 0.15) is 30.1 Å². The average Bonchev–Trinajstić information content (AvgIpc) is 2.24. The summed E-state index contributed by atoms with van der Waals surface area (Å²) in [6.45, 7) is 2.32. The van der Waals surface area contributed by atoms with E-state index in [1.165, 1.54) is 0 Å². The van der Waals surface area contributed by atoms with Crippen molar-refractivity contribution >= 4 is 18.5 Å². The molecule has 0 radical (unpaired) electrons. The van der Waals surface area contributed by atoms with Crippen LogP contribution in [0.25, 0.3) is 0 Å². The Hall–Kier alpha value is -1.00. The zero-order chi connectivity index (χ0) is 12.0. The molecule has 0 bridgehead atoms. The third-order valence-corrected chi connectivity index (χ3v) is 2.62. The molecule has 1 amide bonds. The summed E-state index contributed by atoms with van der Waals surface area (Å²) in [6, 6.07) is 7.18. The van der Waals surface area contributed by atoms with E-state index in [9.17, 15) is 4.79 Å². The van der Waals surface area contributed by atoms with E-state index in [1.54, 1.807) is 19.1 Å². The molecule has 88 valence electrons. The summed E-state index contributed by atoms with van der Waals surface area (Å²) in [4.78, 5) is 12.4. The van der Waals surface area contributed by atoms with Crippen LogP contribution in [0.4, 0.5) is 0 Å². The molecule has 1 aromatic rings. The number of hydrogen-bond donors (Lipinski definition) is 3. The highest BCUT2D eigenvalue weighted by Gasteiger charge is 2.07. The first-order valence-electron chi connectivity index (χ1n) is 5.35. The minimum Gasteiger partial charge on any atom is -0.393 e. The fourth-order valence-electron chi connectivity index (χ4n) is 1.36. The van der Waals surface area contributed by atoms with Crippen molar-refractivity contribution in [2.75, 3.05) is 6.54 Å². The second-order valence-corrected chi connectivity index (χ2v) is 4.25. The Labute approximate surface area is 101 Å². The molecule has 16 heavy (non-hydrogen) atoms. The Bertz CT molecular complexity index is 353. The summed E-state index contributed by atoms with van der Waals surface area (Å²) in [5, 5.41) is 11.9. The van der Waals surface area contributed by atoms with Gasteiger partial charge in [0.2, 0.25) is 0 Å². The third-order valence-electron chi connectivity index (χ3n) is 2.23. The van der Waals surface area contributed by atoms with Gasteiger partial charge < -0.3 is 10.4 Å². The molecule has 1 rings (SSSR count). The van der Waals surface area contributed by atoms with Gasteiger partial charge in [0.1, 0.15) is 0 Å². The van der Waals surface area contributed by atoms with Crippen LogP contribution in [0, 0.1) is 0 Å². The van der Waals surface area contributed by atoms with E-state index in [0.717, 1.165) is 6.42 Å². The highest BCUT2D eigenvalue weighted by Crippen LogP contribution is 2.12. The quantitative estimate of drug-likeness (QED) is 0.542. The Kier molecular flexibility index (Phi) is 5.35. The molecule has 0 fully saturated rings. The third kappa shape index (κ3) is 4.24. The van der Waals surface area contributed by atoms with Gasteiger partial charge in [0.25, 0.3) is 5.91 Å². The predicted octanol–water partition coefficient (Wildman–Crippen LogP) is 1.87. The van der Waals surface area contributed by atoms with Crippen LogP contribution in [0.5, 0.6) is 0 Å². The molecule has 1 atom stereocenters. The van der Waals surface area contributed by atoms with Crippen LogP contribution >= 0.6 is 12.6 Å². The van der Waals surface area contributed by atoms with Gasteiger partial charge in [-0.1, -0.05) is 12.1 Å². The van der Waals surface area contributed by atoms with Crippen LogP contribution in [-0.2, 0) is 0 Å². The van der Waals surface area contributed by atoms with E-state index in [1.807, 2.05) is 12.1 Å². The molecule has 0 aliphatic rings. The first-order valence-corrected chi connectivity index (χ1v) is 5.80. The molecule has 4 heteroatoms. The molecule has 0 aliphatic carbocycles. The molecule has 0 heterocycles. The SMILES string of the molecule is CC(O)CCCNC(=O)c1ccccc1S. The Morgan fingerprint density at radius 3 is 2.81 bits per heavy atom. The zero-order valence-electron chi connectivity index (χ0n) is 9.31. The molecule has 0 aliphatic heterocycles. The lowest BCUT2D eigenvalue weighted by molar-refractivity contribution is 0.0947. The first-order chi connectivity index (χ1) is 7.61. The number of thiol groups is 1. The summed E-state index contributed by atoms with van der Waals surface area (Å²) in [5.74, 6) is -0.115. The van der Waals surface area contributed by atoms with Gasteiger partial charge in [-0.2, -0.15) is 0 Å². The number of hydrogen-bond acceptors (Lipinski definition) is 3. The average molecular weight is 239 g/mol. The van der Waals surface area contributed by atoms with Crippen LogP contribution in [-0.4, -0.2) is 23.7 Å². The van der Waals surface area contributed by atoms with Crippen LogP contribution in [0.3, 0.4) is 0 Å². The van der Waals surface area contributed by atoms with Crippen molar-refractivity contribution in [2.24, 2.45) is 0 Å². The largest absolute Gasteiger partial charge is 0.393 e. The molecule has 2 N–H and O–H groups in total. The van der Waals surface area contributed by atoms with E-state index in [2.05, 4.69) is 17.9 Å². The maximum Gasteiger partial charge on any atom is 0.252 e. The van der Waals surface area contributed by atoms with E-state index in [4.69, 9.17) is 5.11 Å². The van der Waals surface area contributed by atoms with Crippen molar-refractivity contribution in [3.8, 4) is 0 Å². The summed E-state index contributed by atoms with van der Waals surface area (Å²) >= 11 is 4.21. The predicted molar refractivity (Wildman–Crippen MR) is 66.9 cm³/mol. The highest BCUT2D eigenvalue weighted by atomic mass is 32.1. The summed E-state index contributed by atoms with van der Waals surface area (Å²) in [7, 11) is 0. The number of amides is 1. The first kappa shape index (κ1) is 13.1.